The number of fused-ring (bicyclic) bond motifs is 1. The molecule has 4 rings (SSSR count). The van der Waals surface area contributed by atoms with Crippen LogP contribution in [0.3, 0.4) is 0 Å². The van der Waals surface area contributed by atoms with Gasteiger partial charge in [0.2, 0.25) is 10.0 Å². The van der Waals surface area contributed by atoms with E-state index < -0.39 is 16.0 Å². The molecule has 0 radical (unpaired) electrons. The lowest BCUT2D eigenvalue weighted by Gasteiger charge is -2.46. The molecule has 8 nitrogen and oxygen atoms in total. The minimum absolute atomic E-state index is 0.0965. The Bertz CT molecular complexity index is 976. The van der Waals surface area contributed by atoms with E-state index in [4.69, 9.17) is 26.2 Å². The number of halogens is 1. The molecule has 0 aliphatic carbocycles. The second-order valence-corrected chi connectivity index (χ2v) is 9.70. The molecule has 0 bridgehead atoms. The third kappa shape index (κ3) is 5.04. The van der Waals surface area contributed by atoms with E-state index in [0.717, 1.165) is 18.2 Å². The molecular formula is C20H26ClN3O5S. The van der Waals surface area contributed by atoms with E-state index in [-0.39, 0.29) is 16.0 Å². The predicted octanol–water partition coefficient (Wildman–Crippen LogP) is 2.52. The number of carboxylic acids is 1. The van der Waals surface area contributed by atoms with Crippen LogP contribution in [0.2, 0.25) is 5.02 Å². The second-order valence-electron chi connectivity index (χ2n) is 7.39. The van der Waals surface area contributed by atoms with Crippen molar-refractivity contribution in [1.82, 2.24) is 14.2 Å². The van der Waals surface area contributed by atoms with Gasteiger partial charge in [0.05, 0.1) is 18.2 Å². The third-order valence-electron chi connectivity index (χ3n) is 5.19. The average Bonchev–Trinajstić information content (AvgIpc) is 3.22. The van der Waals surface area contributed by atoms with Gasteiger partial charge in [0.15, 0.2) is 0 Å². The van der Waals surface area contributed by atoms with E-state index in [0.29, 0.717) is 38.9 Å². The molecule has 10 heteroatoms. The number of H-pyrrole nitrogens is 1. The molecular weight excluding hydrogens is 430 g/mol. The van der Waals surface area contributed by atoms with Crippen molar-refractivity contribution in [3.05, 3.63) is 41.6 Å². The number of aromatic amines is 1. The highest BCUT2D eigenvalue weighted by Crippen LogP contribution is 2.31. The number of benzene rings is 1. The maximum atomic E-state index is 13.1. The number of carbonyl (C=O) groups is 1. The van der Waals surface area contributed by atoms with Crippen molar-refractivity contribution in [2.75, 3.05) is 32.8 Å². The number of carboxylic acid groups (broad SMARTS) is 1. The molecule has 0 amide bonds. The fraction of sp³-hybridized carbons (Fsp3) is 0.450. The standard InChI is InChI=1S/C18H22ClN3O3S.C2H4O2/c1-13-11-25-12-15-10-21(7-8-22(13)15)26(23,24)18-5-4-14(9-16(18)19)17-3-2-6-20-17;1-2(3)4/h2-6,9,13,15,20H,7-8,10-12H2,1H3;1H3,(H,3,4)/t13-,15+;/m0./s1. The van der Waals surface area contributed by atoms with Gasteiger partial charge in [-0.15, -0.1) is 0 Å². The highest BCUT2D eigenvalue weighted by Gasteiger charge is 2.38. The van der Waals surface area contributed by atoms with Gasteiger partial charge in [-0.3, -0.25) is 9.69 Å². The number of aromatic nitrogens is 1. The van der Waals surface area contributed by atoms with Gasteiger partial charge in [0, 0.05) is 50.5 Å². The first-order chi connectivity index (χ1) is 14.2. The van der Waals surface area contributed by atoms with Gasteiger partial charge in [-0.25, -0.2) is 8.42 Å². The number of rotatable bonds is 3. The summed E-state index contributed by atoms with van der Waals surface area (Å²) in [7, 11) is -3.64. The van der Waals surface area contributed by atoms with Crippen LogP contribution in [-0.4, -0.2) is 78.6 Å². The SMILES string of the molecule is CC(=O)O.C[C@H]1COC[C@H]2CN(S(=O)(=O)c3ccc(-c4ccc[nH]4)cc3Cl)CCN21. The van der Waals surface area contributed by atoms with E-state index in [1.54, 1.807) is 18.2 Å². The van der Waals surface area contributed by atoms with Crippen molar-refractivity contribution < 1.29 is 23.1 Å². The van der Waals surface area contributed by atoms with Gasteiger partial charge in [-0.05, 0) is 36.8 Å². The zero-order chi connectivity index (χ0) is 21.9. The second kappa shape index (κ2) is 9.49. The molecule has 0 spiro atoms. The quantitative estimate of drug-likeness (QED) is 0.737. The molecule has 1 aromatic carbocycles. The zero-order valence-electron chi connectivity index (χ0n) is 16.9. The average molecular weight is 456 g/mol. The fourth-order valence-electron chi connectivity index (χ4n) is 3.78. The molecule has 30 heavy (non-hydrogen) atoms. The largest absolute Gasteiger partial charge is 0.481 e. The summed E-state index contributed by atoms with van der Waals surface area (Å²) in [5, 5.41) is 7.66. The Morgan fingerprint density at radius 3 is 2.63 bits per heavy atom. The lowest BCUT2D eigenvalue weighted by molar-refractivity contribution is -0.134. The molecule has 2 aliphatic rings. The van der Waals surface area contributed by atoms with Crippen LogP contribution in [0.1, 0.15) is 13.8 Å². The Morgan fingerprint density at radius 2 is 2.00 bits per heavy atom. The lowest BCUT2D eigenvalue weighted by atomic mass is 10.1. The number of morpholine rings is 1. The van der Waals surface area contributed by atoms with Crippen LogP contribution in [0, 0.1) is 0 Å². The van der Waals surface area contributed by atoms with Crippen molar-refractivity contribution in [3.63, 3.8) is 0 Å². The summed E-state index contributed by atoms with van der Waals surface area (Å²) in [6.45, 7) is 6.09. The summed E-state index contributed by atoms with van der Waals surface area (Å²) in [6, 6.07) is 9.31. The molecule has 2 aromatic rings. The molecule has 1 aromatic heterocycles. The lowest BCUT2D eigenvalue weighted by Crippen LogP contribution is -2.61. The molecule has 2 atom stereocenters. The van der Waals surface area contributed by atoms with Crippen molar-refractivity contribution in [1.29, 1.82) is 0 Å². The predicted molar refractivity (Wildman–Crippen MR) is 114 cm³/mol. The first-order valence-electron chi connectivity index (χ1n) is 9.66. The van der Waals surface area contributed by atoms with Crippen LogP contribution >= 0.6 is 11.6 Å². The normalized spacial score (nSPS) is 22.6. The first kappa shape index (κ1) is 22.8. The molecule has 2 fully saturated rings. The van der Waals surface area contributed by atoms with E-state index in [9.17, 15) is 8.42 Å². The summed E-state index contributed by atoms with van der Waals surface area (Å²) < 4.78 is 33.4. The Balaban J connectivity index is 0.000000589. The number of hydrogen-bond donors (Lipinski definition) is 2. The molecule has 0 unspecified atom stereocenters. The number of aliphatic carboxylic acids is 1. The van der Waals surface area contributed by atoms with Crippen LogP contribution in [0.5, 0.6) is 0 Å². The highest BCUT2D eigenvalue weighted by atomic mass is 35.5. The molecule has 0 saturated carbocycles. The van der Waals surface area contributed by atoms with Crippen molar-refractivity contribution in [2.24, 2.45) is 0 Å². The molecule has 2 aliphatic heterocycles. The summed E-state index contributed by atoms with van der Waals surface area (Å²) >= 11 is 6.36. The van der Waals surface area contributed by atoms with Gasteiger partial charge in [0.25, 0.3) is 5.97 Å². The zero-order valence-corrected chi connectivity index (χ0v) is 18.5. The summed E-state index contributed by atoms with van der Waals surface area (Å²) in [6.07, 6.45) is 1.82. The van der Waals surface area contributed by atoms with Crippen molar-refractivity contribution in [2.45, 2.75) is 30.8 Å². The maximum absolute atomic E-state index is 13.1. The number of nitrogens with zero attached hydrogens (tertiary/aromatic N) is 2. The van der Waals surface area contributed by atoms with Crippen LogP contribution in [0.4, 0.5) is 0 Å². The van der Waals surface area contributed by atoms with Gasteiger partial charge in [0.1, 0.15) is 4.90 Å². The molecule has 164 valence electrons. The summed E-state index contributed by atoms with van der Waals surface area (Å²) in [4.78, 5) is 14.6. The van der Waals surface area contributed by atoms with E-state index in [1.807, 2.05) is 18.3 Å². The number of hydrogen-bond acceptors (Lipinski definition) is 5. The Morgan fingerprint density at radius 1 is 1.27 bits per heavy atom. The maximum Gasteiger partial charge on any atom is 0.300 e. The minimum Gasteiger partial charge on any atom is -0.481 e. The van der Waals surface area contributed by atoms with Gasteiger partial charge in [-0.1, -0.05) is 17.7 Å². The molecule has 2 saturated heterocycles. The van der Waals surface area contributed by atoms with Crippen molar-refractivity contribution in [3.8, 4) is 11.3 Å². The molecule has 2 N–H and O–H groups in total. The van der Waals surface area contributed by atoms with Crippen LogP contribution in [0.25, 0.3) is 11.3 Å². The monoisotopic (exact) mass is 455 g/mol. The van der Waals surface area contributed by atoms with Crippen LogP contribution in [0.15, 0.2) is 41.4 Å². The Hall–Kier alpha value is -1.91. The van der Waals surface area contributed by atoms with Crippen LogP contribution in [-0.2, 0) is 19.6 Å². The van der Waals surface area contributed by atoms with E-state index in [1.165, 1.54) is 4.31 Å². The number of nitrogens with one attached hydrogen (secondary N) is 1. The number of sulfonamides is 1. The Kier molecular flexibility index (Phi) is 7.20. The van der Waals surface area contributed by atoms with Gasteiger partial charge in [-0.2, -0.15) is 4.31 Å². The minimum atomic E-state index is -3.64. The van der Waals surface area contributed by atoms with E-state index >= 15 is 0 Å². The topological polar surface area (TPSA) is 103 Å². The van der Waals surface area contributed by atoms with E-state index in [2.05, 4.69) is 16.8 Å². The first-order valence-corrected chi connectivity index (χ1v) is 11.5. The smallest absolute Gasteiger partial charge is 0.300 e. The van der Waals surface area contributed by atoms with Crippen molar-refractivity contribution >= 4 is 27.6 Å². The number of ether oxygens (including phenoxy) is 1. The molecule has 3 heterocycles. The highest BCUT2D eigenvalue weighted by molar-refractivity contribution is 7.89. The fourth-order valence-corrected chi connectivity index (χ4v) is 5.77. The summed E-state index contributed by atoms with van der Waals surface area (Å²) in [5.74, 6) is -0.833. The summed E-state index contributed by atoms with van der Waals surface area (Å²) in [5.41, 5.74) is 1.76. The Labute approximate surface area is 181 Å². The van der Waals surface area contributed by atoms with Crippen LogP contribution < -0.4 is 0 Å². The number of piperazine rings is 1. The van der Waals surface area contributed by atoms with Gasteiger partial charge < -0.3 is 14.8 Å². The third-order valence-corrected chi connectivity index (χ3v) is 7.53. The van der Waals surface area contributed by atoms with Gasteiger partial charge >= 0.3 is 0 Å².